The molecule has 1 N–H and O–H groups in total. The van der Waals surface area contributed by atoms with Crippen molar-refractivity contribution in [3.05, 3.63) is 134 Å². The third kappa shape index (κ3) is 6.08. The van der Waals surface area contributed by atoms with Gasteiger partial charge < -0.3 is 5.32 Å². The predicted molar refractivity (Wildman–Crippen MR) is 162 cm³/mol. The Labute approximate surface area is 236 Å². The molecule has 0 fully saturated rings. The van der Waals surface area contributed by atoms with Gasteiger partial charge in [-0.2, -0.15) is 5.10 Å². The molecule has 1 heterocycles. The van der Waals surface area contributed by atoms with Crippen molar-refractivity contribution in [2.45, 2.75) is 20.8 Å². The van der Waals surface area contributed by atoms with Crippen LogP contribution < -0.4 is 10.1 Å². The molecule has 0 atom stereocenters. The van der Waals surface area contributed by atoms with Crippen molar-refractivity contribution in [2.24, 2.45) is 10.1 Å². The van der Waals surface area contributed by atoms with Crippen LogP contribution in [0.5, 0.6) is 0 Å². The summed E-state index contributed by atoms with van der Waals surface area (Å²) in [6.45, 7) is 6.36. The van der Waals surface area contributed by atoms with E-state index >= 15 is 0 Å². The molecule has 39 heavy (non-hydrogen) atoms. The summed E-state index contributed by atoms with van der Waals surface area (Å²) >= 11 is 7.74. The van der Waals surface area contributed by atoms with Gasteiger partial charge in [-0.05, 0) is 85.5 Å². The lowest BCUT2D eigenvalue weighted by molar-refractivity contribution is 0.102. The Morgan fingerprint density at radius 3 is 2.41 bits per heavy atom. The van der Waals surface area contributed by atoms with Crippen LogP contribution in [-0.4, -0.2) is 16.8 Å². The minimum absolute atomic E-state index is 0.265. The van der Waals surface area contributed by atoms with E-state index in [1.807, 2.05) is 59.3 Å². The highest BCUT2D eigenvalue weighted by molar-refractivity contribution is 7.07. The lowest BCUT2D eigenvalue weighted by Gasteiger charge is -2.11. The van der Waals surface area contributed by atoms with Gasteiger partial charge in [0.25, 0.3) is 5.91 Å². The summed E-state index contributed by atoms with van der Waals surface area (Å²) < 4.78 is 1.88. The molecule has 0 unspecified atom stereocenters. The molecular formula is C32H27ClN4OS. The van der Waals surface area contributed by atoms with E-state index in [2.05, 4.69) is 43.6 Å². The third-order valence-corrected chi connectivity index (χ3v) is 7.51. The first-order valence-electron chi connectivity index (χ1n) is 12.5. The molecule has 0 spiro atoms. The van der Waals surface area contributed by atoms with Gasteiger partial charge in [-0.15, -0.1) is 11.3 Å². The Balaban J connectivity index is 1.52. The maximum absolute atomic E-state index is 12.7. The Bertz CT molecular complexity index is 1750. The topological polar surface area (TPSA) is 58.8 Å². The standard InChI is InChI=1S/C32H27ClN4OS/c1-21-16-23(3)28(17-22(21)2)30-20-39-32(36-25-11-5-4-6-12-25)37(30)34-19-24-10-9-13-26(18-24)35-31(38)27-14-7-8-15-29(27)33/h4-20H,1-3H3,(H,35,38)/b34-19-,36-32?. The smallest absolute Gasteiger partial charge is 0.257 e. The molecule has 1 amide bonds. The molecular weight excluding hydrogens is 524 g/mol. The summed E-state index contributed by atoms with van der Waals surface area (Å²) in [6.07, 6.45) is 1.78. The van der Waals surface area contributed by atoms with Gasteiger partial charge in [-0.25, -0.2) is 9.67 Å². The molecule has 0 saturated carbocycles. The average Bonchev–Trinajstić information content (AvgIpc) is 3.32. The Morgan fingerprint density at radius 1 is 0.872 bits per heavy atom. The number of benzene rings is 4. The summed E-state index contributed by atoms with van der Waals surface area (Å²) in [7, 11) is 0. The number of halogens is 1. The maximum Gasteiger partial charge on any atom is 0.257 e. The van der Waals surface area contributed by atoms with Crippen LogP contribution in [0.3, 0.4) is 0 Å². The second-order valence-corrected chi connectivity index (χ2v) is 10.5. The lowest BCUT2D eigenvalue weighted by atomic mass is 9.99. The van der Waals surface area contributed by atoms with Gasteiger partial charge in [0.15, 0.2) is 0 Å². The van der Waals surface area contributed by atoms with E-state index in [1.54, 1.807) is 41.8 Å². The van der Waals surface area contributed by atoms with Crippen molar-refractivity contribution in [1.82, 2.24) is 4.68 Å². The molecule has 0 aliphatic carbocycles. The predicted octanol–water partition coefficient (Wildman–Crippen LogP) is 8.16. The number of rotatable bonds is 6. The number of amides is 1. The third-order valence-electron chi connectivity index (χ3n) is 6.37. The molecule has 1 aromatic heterocycles. The first kappa shape index (κ1) is 26.4. The zero-order chi connectivity index (χ0) is 27.4. The number of nitrogens with zero attached hydrogens (tertiary/aromatic N) is 3. The quantitative estimate of drug-likeness (QED) is 0.213. The average molecular weight is 551 g/mol. The Morgan fingerprint density at radius 2 is 1.62 bits per heavy atom. The molecule has 194 valence electrons. The molecule has 5 aromatic rings. The molecule has 0 bridgehead atoms. The second-order valence-electron chi connectivity index (χ2n) is 9.22. The molecule has 0 saturated heterocycles. The number of carbonyl (C=O) groups is 1. The second kappa shape index (κ2) is 11.6. The monoisotopic (exact) mass is 550 g/mol. The molecule has 5 nitrogen and oxygen atoms in total. The number of thiazole rings is 1. The summed E-state index contributed by atoms with van der Waals surface area (Å²) in [4.78, 5) is 18.4. The van der Waals surface area contributed by atoms with Gasteiger partial charge in [0.1, 0.15) is 0 Å². The maximum atomic E-state index is 12.7. The number of nitrogens with one attached hydrogen (secondary N) is 1. The minimum Gasteiger partial charge on any atom is -0.322 e. The first-order valence-corrected chi connectivity index (χ1v) is 13.7. The molecule has 0 aliphatic rings. The van der Waals surface area contributed by atoms with Crippen LogP contribution in [-0.2, 0) is 0 Å². The van der Waals surface area contributed by atoms with Crippen molar-refractivity contribution in [3.8, 4) is 11.3 Å². The number of carbonyl (C=O) groups excluding carboxylic acids is 1. The number of aromatic nitrogens is 1. The molecule has 7 heteroatoms. The zero-order valence-electron chi connectivity index (χ0n) is 21.9. The number of para-hydroxylation sites is 1. The van der Waals surface area contributed by atoms with E-state index in [4.69, 9.17) is 21.7 Å². The highest BCUT2D eigenvalue weighted by atomic mass is 35.5. The number of aryl methyl sites for hydroxylation is 3. The summed E-state index contributed by atoms with van der Waals surface area (Å²) in [5, 5.41) is 10.3. The van der Waals surface area contributed by atoms with Gasteiger partial charge in [-0.1, -0.05) is 60.1 Å². The number of anilines is 1. The summed E-state index contributed by atoms with van der Waals surface area (Å²) in [5.41, 5.74) is 8.50. The van der Waals surface area contributed by atoms with E-state index < -0.39 is 0 Å². The fraction of sp³-hybridized carbons (Fsp3) is 0.0938. The van der Waals surface area contributed by atoms with E-state index in [9.17, 15) is 4.79 Å². The van der Waals surface area contributed by atoms with Crippen molar-refractivity contribution < 1.29 is 4.79 Å². The minimum atomic E-state index is -0.265. The molecule has 4 aromatic carbocycles. The van der Waals surface area contributed by atoms with Gasteiger partial charge in [0, 0.05) is 16.6 Å². The molecule has 5 rings (SSSR count). The van der Waals surface area contributed by atoms with Gasteiger partial charge in [0.05, 0.1) is 28.2 Å². The van der Waals surface area contributed by atoms with Gasteiger partial charge in [-0.3, -0.25) is 4.79 Å². The van der Waals surface area contributed by atoms with Crippen LogP contribution in [0.25, 0.3) is 11.3 Å². The van der Waals surface area contributed by atoms with Crippen molar-refractivity contribution in [2.75, 3.05) is 5.32 Å². The fourth-order valence-corrected chi connectivity index (χ4v) is 5.26. The van der Waals surface area contributed by atoms with Crippen LogP contribution in [0.15, 0.2) is 106 Å². The number of hydrogen-bond donors (Lipinski definition) is 1. The van der Waals surface area contributed by atoms with Gasteiger partial charge >= 0.3 is 0 Å². The van der Waals surface area contributed by atoms with Crippen LogP contribution in [0.2, 0.25) is 5.02 Å². The van der Waals surface area contributed by atoms with Crippen LogP contribution >= 0.6 is 22.9 Å². The summed E-state index contributed by atoms with van der Waals surface area (Å²) in [6, 6.07) is 28.8. The van der Waals surface area contributed by atoms with Gasteiger partial charge in [0.2, 0.25) is 4.80 Å². The normalized spacial score (nSPS) is 11.7. The van der Waals surface area contributed by atoms with Crippen LogP contribution in [0, 0.1) is 20.8 Å². The molecule has 0 radical (unpaired) electrons. The first-order chi connectivity index (χ1) is 18.9. The van der Waals surface area contributed by atoms with Crippen LogP contribution in [0.1, 0.15) is 32.6 Å². The summed E-state index contributed by atoms with van der Waals surface area (Å²) in [5.74, 6) is -0.265. The Hall–Kier alpha value is -4.26. The van der Waals surface area contributed by atoms with Crippen molar-refractivity contribution in [3.63, 3.8) is 0 Å². The van der Waals surface area contributed by atoms with E-state index in [-0.39, 0.29) is 5.91 Å². The Kier molecular flexibility index (Phi) is 7.87. The van der Waals surface area contributed by atoms with E-state index in [1.165, 1.54) is 16.7 Å². The van der Waals surface area contributed by atoms with Crippen molar-refractivity contribution >= 4 is 46.4 Å². The molecule has 0 aliphatic heterocycles. The van der Waals surface area contributed by atoms with E-state index in [0.717, 1.165) is 27.3 Å². The largest absolute Gasteiger partial charge is 0.322 e. The lowest BCUT2D eigenvalue weighted by Crippen LogP contribution is -2.13. The van der Waals surface area contributed by atoms with Crippen molar-refractivity contribution in [1.29, 1.82) is 0 Å². The van der Waals surface area contributed by atoms with E-state index in [0.29, 0.717) is 16.3 Å². The fourth-order valence-electron chi connectivity index (χ4n) is 4.19. The SMILES string of the molecule is Cc1cc(C)c(-c2csc(=Nc3ccccc3)n2/N=C\c2cccc(NC(=O)c3ccccc3Cl)c2)cc1C. The number of hydrogen-bond acceptors (Lipinski definition) is 4. The highest BCUT2D eigenvalue weighted by Gasteiger charge is 2.13. The van der Waals surface area contributed by atoms with Crippen LogP contribution in [0.4, 0.5) is 11.4 Å². The highest BCUT2D eigenvalue weighted by Crippen LogP contribution is 2.27. The zero-order valence-corrected chi connectivity index (χ0v) is 23.4.